The summed E-state index contributed by atoms with van der Waals surface area (Å²) in [7, 11) is 1.70. The molecule has 0 spiro atoms. The van der Waals surface area contributed by atoms with E-state index in [0.29, 0.717) is 23.9 Å². The molecule has 2 aliphatic rings. The summed E-state index contributed by atoms with van der Waals surface area (Å²) in [6, 6.07) is 11.1. The number of methoxy groups -OCH3 is 1. The Bertz CT molecular complexity index is 714. The topological polar surface area (TPSA) is 70.5 Å². The van der Waals surface area contributed by atoms with Crippen molar-refractivity contribution in [2.75, 3.05) is 25.1 Å². The largest absolute Gasteiger partial charge is 0.497 e. The second-order valence-corrected chi connectivity index (χ2v) is 6.86. The molecule has 2 fully saturated rings. The van der Waals surface area contributed by atoms with Gasteiger partial charge in [0.25, 0.3) is 0 Å². The Morgan fingerprint density at radius 3 is 2.60 bits per heavy atom. The van der Waals surface area contributed by atoms with Gasteiger partial charge in [-0.2, -0.15) is 4.98 Å². The Labute approximate surface area is 147 Å². The van der Waals surface area contributed by atoms with E-state index in [1.54, 1.807) is 13.3 Å². The number of aromatic hydroxyl groups is 1. The normalized spacial score (nSPS) is 23.5. The highest BCUT2D eigenvalue weighted by Gasteiger charge is 2.39. The fraction of sp³-hybridized carbons (Fsp3) is 0.474. The van der Waals surface area contributed by atoms with Gasteiger partial charge in [-0.3, -0.25) is 0 Å². The third-order valence-corrected chi connectivity index (χ3v) is 5.19. The summed E-state index contributed by atoms with van der Waals surface area (Å²) in [5.74, 6) is 2.19. The molecule has 0 amide bonds. The van der Waals surface area contributed by atoms with Gasteiger partial charge in [0, 0.05) is 43.4 Å². The average Bonchev–Trinajstić information content (AvgIpc) is 3.41. The fourth-order valence-electron chi connectivity index (χ4n) is 3.64. The predicted molar refractivity (Wildman–Crippen MR) is 96.2 cm³/mol. The molecule has 1 saturated carbocycles. The first kappa shape index (κ1) is 16.1. The number of rotatable bonds is 5. The molecule has 1 aliphatic heterocycles. The van der Waals surface area contributed by atoms with Gasteiger partial charge in [0.2, 0.25) is 11.8 Å². The number of hydrogen-bond donors (Lipinski definition) is 2. The van der Waals surface area contributed by atoms with Crippen LogP contribution in [0.25, 0.3) is 0 Å². The quantitative estimate of drug-likeness (QED) is 0.870. The van der Waals surface area contributed by atoms with Crippen LogP contribution < -0.4 is 15.0 Å². The first-order valence-corrected chi connectivity index (χ1v) is 8.90. The summed E-state index contributed by atoms with van der Waals surface area (Å²) < 4.78 is 5.23. The number of benzene rings is 1. The summed E-state index contributed by atoms with van der Waals surface area (Å²) in [6.45, 7) is 1.84. The number of ether oxygens (including phenoxy) is 1. The highest BCUT2D eigenvalue weighted by atomic mass is 16.5. The van der Waals surface area contributed by atoms with Gasteiger partial charge in [0.15, 0.2) is 0 Å². The van der Waals surface area contributed by atoms with Crippen LogP contribution in [0.5, 0.6) is 11.6 Å². The van der Waals surface area contributed by atoms with Crippen molar-refractivity contribution in [2.24, 2.45) is 0 Å². The Kier molecular flexibility index (Phi) is 4.44. The maximum absolute atomic E-state index is 9.50. The van der Waals surface area contributed by atoms with E-state index in [9.17, 15) is 5.11 Å². The standard InChI is InChI=1S/C19H24N4O2/c1-25-15-4-2-13(3-5-15)16-12-17(16)21-14-7-10-23(11-8-14)19-20-9-6-18(24)22-19/h2-6,9,14,16-17,21H,7-8,10-12H2,1H3,(H,20,22,24). The number of aromatic nitrogens is 2. The van der Waals surface area contributed by atoms with Crippen LogP contribution in [0.15, 0.2) is 36.5 Å². The number of nitrogens with zero attached hydrogens (tertiary/aromatic N) is 3. The van der Waals surface area contributed by atoms with E-state index in [1.165, 1.54) is 18.1 Å². The number of piperidine rings is 1. The minimum absolute atomic E-state index is 0.0329. The Balaban J connectivity index is 1.27. The molecule has 2 aromatic rings. The highest BCUT2D eigenvalue weighted by molar-refractivity contribution is 5.34. The zero-order valence-corrected chi connectivity index (χ0v) is 14.4. The molecular formula is C19H24N4O2. The van der Waals surface area contributed by atoms with E-state index in [1.807, 2.05) is 12.1 Å². The third-order valence-electron chi connectivity index (χ3n) is 5.19. The van der Waals surface area contributed by atoms with Crippen LogP contribution in [0.3, 0.4) is 0 Å². The molecule has 132 valence electrons. The van der Waals surface area contributed by atoms with E-state index in [2.05, 4.69) is 32.3 Å². The highest BCUT2D eigenvalue weighted by Crippen LogP contribution is 2.42. The van der Waals surface area contributed by atoms with E-state index in [4.69, 9.17) is 4.74 Å². The van der Waals surface area contributed by atoms with Gasteiger partial charge in [0.05, 0.1) is 7.11 Å². The van der Waals surface area contributed by atoms with E-state index in [0.717, 1.165) is 31.7 Å². The summed E-state index contributed by atoms with van der Waals surface area (Å²) in [4.78, 5) is 10.5. The summed E-state index contributed by atoms with van der Waals surface area (Å²) in [6.07, 6.45) is 4.96. The van der Waals surface area contributed by atoms with Gasteiger partial charge in [-0.25, -0.2) is 4.98 Å². The lowest BCUT2D eigenvalue weighted by Crippen LogP contribution is -2.44. The van der Waals surface area contributed by atoms with Gasteiger partial charge in [-0.05, 0) is 37.0 Å². The van der Waals surface area contributed by atoms with Crippen LogP contribution in [0, 0.1) is 0 Å². The molecule has 6 nitrogen and oxygen atoms in total. The van der Waals surface area contributed by atoms with Crippen molar-refractivity contribution in [3.8, 4) is 11.6 Å². The molecule has 2 atom stereocenters. The first-order valence-electron chi connectivity index (χ1n) is 8.90. The van der Waals surface area contributed by atoms with Gasteiger partial charge in [-0.1, -0.05) is 12.1 Å². The zero-order valence-electron chi connectivity index (χ0n) is 14.4. The lowest BCUT2D eigenvalue weighted by molar-refractivity contribution is 0.404. The number of nitrogens with one attached hydrogen (secondary N) is 1. The molecular weight excluding hydrogens is 316 g/mol. The van der Waals surface area contributed by atoms with Crippen LogP contribution in [-0.4, -0.2) is 47.4 Å². The first-order chi connectivity index (χ1) is 12.2. The lowest BCUT2D eigenvalue weighted by atomic mass is 10.0. The van der Waals surface area contributed by atoms with E-state index < -0.39 is 0 Å². The molecule has 4 rings (SSSR count). The zero-order chi connectivity index (χ0) is 17.2. The molecule has 25 heavy (non-hydrogen) atoms. The van der Waals surface area contributed by atoms with Crippen molar-refractivity contribution < 1.29 is 9.84 Å². The van der Waals surface area contributed by atoms with Gasteiger partial charge >= 0.3 is 0 Å². The molecule has 6 heteroatoms. The van der Waals surface area contributed by atoms with Crippen molar-refractivity contribution in [3.05, 3.63) is 42.1 Å². The van der Waals surface area contributed by atoms with Crippen LogP contribution in [0.4, 0.5) is 5.95 Å². The van der Waals surface area contributed by atoms with Crippen LogP contribution >= 0.6 is 0 Å². The molecule has 0 bridgehead atoms. The SMILES string of the molecule is COc1ccc(C2CC2NC2CCN(c3nccc(O)n3)CC2)cc1. The van der Waals surface area contributed by atoms with Gasteiger partial charge in [-0.15, -0.1) is 0 Å². The van der Waals surface area contributed by atoms with Crippen molar-refractivity contribution in [1.29, 1.82) is 0 Å². The fourth-order valence-corrected chi connectivity index (χ4v) is 3.64. The molecule has 1 aliphatic carbocycles. The maximum Gasteiger partial charge on any atom is 0.228 e. The summed E-state index contributed by atoms with van der Waals surface area (Å²) in [5.41, 5.74) is 1.39. The predicted octanol–water partition coefficient (Wildman–Crippen LogP) is 2.31. The molecule has 0 radical (unpaired) electrons. The van der Waals surface area contributed by atoms with E-state index >= 15 is 0 Å². The Morgan fingerprint density at radius 2 is 1.92 bits per heavy atom. The van der Waals surface area contributed by atoms with Crippen LogP contribution in [-0.2, 0) is 0 Å². The number of hydrogen-bond acceptors (Lipinski definition) is 6. The van der Waals surface area contributed by atoms with Crippen molar-refractivity contribution in [3.63, 3.8) is 0 Å². The monoisotopic (exact) mass is 340 g/mol. The molecule has 1 aromatic heterocycles. The second-order valence-electron chi connectivity index (χ2n) is 6.86. The molecule has 2 N–H and O–H groups in total. The third kappa shape index (κ3) is 3.69. The maximum atomic E-state index is 9.50. The summed E-state index contributed by atoms with van der Waals surface area (Å²) in [5, 5.41) is 13.3. The minimum atomic E-state index is 0.0329. The van der Waals surface area contributed by atoms with Gasteiger partial charge in [0.1, 0.15) is 5.75 Å². The van der Waals surface area contributed by atoms with Crippen LogP contribution in [0.1, 0.15) is 30.7 Å². The second kappa shape index (κ2) is 6.88. The number of anilines is 1. The van der Waals surface area contributed by atoms with Crippen molar-refractivity contribution in [1.82, 2.24) is 15.3 Å². The molecule has 2 heterocycles. The Morgan fingerprint density at radius 1 is 1.16 bits per heavy atom. The average molecular weight is 340 g/mol. The minimum Gasteiger partial charge on any atom is -0.497 e. The van der Waals surface area contributed by atoms with Crippen molar-refractivity contribution in [2.45, 2.75) is 37.3 Å². The molecule has 1 aromatic carbocycles. The molecule has 2 unspecified atom stereocenters. The summed E-state index contributed by atoms with van der Waals surface area (Å²) >= 11 is 0. The van der Waals surface area contributed by atoms with E-state index in [-0.39, 0.29) is 5.88 Å². The van der Waals surface area contributed by atoms with Crippen LogP contribution in [0.2, 0.25) is 0 Å². The smallest absolute Gasteiger partial charge is 0.228 e. The van der Waals surface area contributed by atoms with Gasteiger partial charge < -0.3 is 20.1 Å². The lowest BCUT2D eigenvalue weighted by Gasteiger charge is -2.32. The van der Waals surface area contributed by atoms with Crippen molar-refractivity contribution >= 4 is 5.95 Å². The molecule has 1 saturated heterocycles. The Hall–Kier alpha value is -2.34.